The van der Waals surface area contributed by atoms with Gasteiger partial charge in [-0.25, -0.2) is 4.31 Å². The average molecular weight is 408 g/mol. The van der Waals surface area contributed by atoms with Crippen LogP contribution in [-0.2, 0) is 19.9 Å². The maximum atomic E-state index is 12.9. The lowest BCUT2D eigenvalue weighted by molar-refractivity contribution is -0.126. The predicted octanol–water partition coefficient (Wildman–Crippen LogP) is 3.40. The van der Waals surface area contributed by atoms with Crippen LogP contribution in [0.3, 0.4) is 0 Å². The normalized spacial score (nSPS) is 20.5. The van der Waals surface area contributed by atoms with Crippen molar-refractivity contribution < 1.29 is 9.00 Å². The molecule has 0 aromatic carbocycles. The van der Waals surface area contributed by atoms with Crippen LogP contribution in [0.25, 0.3) is 0 Å². The second kappa shape index (κ2) is 9.88. The van der Waals surface area contributed by atoms with E-state index in [9.17, 15) is 9.00 Å². The second-order valence-corrected chi connectivity index (χ2v) is 10.5. The zero-order valence-electron chi connectivity index (χ0n) is 17.9. The van der Waals surface area contributed by atoms with Crippen LogP contribution in [0.2, 0.25) is 0 Å². The molecule has 28 heavy (non-hydrogen) atoms. The molecule has 2 atom stereocenters. The second-order valence-electron chi connectivity index (χ2n) is 8.02. The molecule has 2 rings (SSSR count). The minimum Gasteiger partial charge on any atom is -0.352 e. The first kappa shape index (κ1) is 22.9. The van der Waals surface area contributed by atoms with Gasteiger partial charge in [0.05, 0.1) is 0 Å². The first-order valence-corrected chi connectivity index (χ1v) is 12.5. The van der Waals surface area contributed by atoms with E-state index in [1.54, 1.807) is 0 Å². The number of rotatable bonds is 9. The van der Waals surface area contributed by atoms with E-state index >= 15 is 0 Å². The minimum absolute atomic E-state index is 0.0373. The van der Waals surface area contributed by atoms with Crippen LogP contribution in [-0.4, -0.2) is 50.2 Å². The van der Waals surface area contributed by atoms with Crippen molar-refractivity contribution in [1.29, 1.82) is 0 Å². The Labute approximate surface area is 171 Å². The van der Waals surface area contributed by atoms with Crippen molar-refractivity contribution in [3.8, 4) is 0 Å². The predicted molar refractivity (Wildman–Crippen MR) is 119 cm³/mol. The van der Waals surface area contributed by atoms with E-state index in [1.807, 2.05) is 29.6 Å². The number of hydrogen-bond donors (Lipinski definition) is 1. The molecule has 1 fully saturated rings. The molecule has 2 heterocycles. The number of hydrogen-bond acceptors (Lipinski definition) is 3. The van der Waals surface area contributed by atoms with Crippen LogP contribution in [0.5, 0.6) is 0 Å². The molecule has 1 unspecified atom stereocenters. The van der Waals surface area contributed by atoms with Gasteiger partial charge in [0.2, 0.25) is 5.91 Å². The maximum Gasteiger partial charge on any atom is 0.223 e. The molecule has 5 nitrogen and oxygen atoms in total. The molecular weight excluding hydrogens is 370 g/mol. The van der Waals surface area contributed by atoms with E-state index in [2.05, 4.69) is 43.0 Å². The van der Waals surface area contributed by atoms with E-state index in [4.69, 9.17) is 0 Å². The fraction of sp³-hybridized carbons (Fsp3) is 0.682. The summed E-state index contributed by atoms with van der Waals surface area (Å²) in [5.41, 5.74) is 0.763. The zero-order chi connectivity index (χ0) is 20.8. The highest BCUT2D eigenvalue weighted by Crippen LogP contribution is 2.38. The SMILES string of the molecule is C=S(=O)(CCC)N1CCC(c2ccccn2)([C@H](C)NC(=O)C(CC)CC)CC1. The fourth-order valence-corrected chi connectivity index (χ4v) is 6.11. The van der Waals surface area contributed by atoms with Crippen LogP contribution >= 0.6 is 0 Å². The van der Waals surface area contributed by atoms with Gasteiger partial charge in [0.15, 0.2) is 0 Å². The van der Waals surface area contributed by atoms with Crippen molar-refractivity contribution in [2.75, 3.05) is 18.8 Å². The van der Waals surface area contributed by atoms with Gasteiger partial charge in [-0.05, 0) is 57.0 Å². The lowest BCUT2D eigenvalue weighted by Gasteiger charge is -2.46. The third-order valence-corrected chi connectivity index (χ3v) is 8.68. The number of carbonyl (C=O) groups is 1. The van der Waals surface area contributed by atoms with Crippen LogP contribution in [0.4, 0.5) is 0 Å². The minimum atomic E-state index is -2.21. The molecule has 1 aromatic rings. The van der Waals surface area contributed by atoms with Gasteiger partial charge in [-0.3, -0.25) is 14.0 Å². The largest absolute Gasteiger partial charge is 0.352 e. The molecule has 0 aliphatic carbocycles. The Morgan fingerprint density at radius 3 is 2.43 bits per heavy atom. The van der Waals surface area contributed by atoms with Gasteiger partial charge in [0.1, 0.15) is 0 Å². The number of nitrogens with one attached hydrogen (secondary N) is 1. The molecule has 0 bridgehead atoms. The number of pyridine rings is 1. The summed E-state index contributed by atoms with van der Waals surface area (Å²) in [5.74, 6) is 4.81. The zero-order valence-corrected chi connectivity index (χ0v) is 18.8. The van der Waals surface area contributed by atoms with Crippen LogP contribution in [0.15, 0.2) is 24.4 Å². The third-order valence-electron chi connectivity index (χ3n) is 6.33. The van der Waals surface area contributed by atoms with E-state index in [0.29, 0.717) is 18.8 Å². The van der Waals surface area contributed by atoms with Gasteiger partial charge in [-0.2, -0.15) is 0 Å². The summed E-state index contributed by atoms with van der Waals surface area (Å²) in [6, 6.07) is 5.95. The smallest absolute Gasteiger partial charge is 0.223 e. The summed E-state index contributed by atoms with van der Waals surface area (Å²) >= 11 is 0. The topological polar surface area (TPSA) is 62.3 Å². The summed E-state index contributed by atoms with van der Waals surface area (Å²) in [6.45, 7) is 9.68. The highest BCUT2D eigenvalue weighted by atomic mass is 32.2. The molecule has 1 aromatic heterocycles. The number of piperidine rings is 1. The Hall–Kier alpha value is -1.40. The third kappa shape index (κ3) is 4.95. The number of amides is 1. The Morgan fingerprint density at radius 1 is 1.29 bits per heavy atom. The van der Waals surface area contributed by atoms with Crippen molar-refractivity contribution in [2.24, 2.45) is 5.92 Å². The van der Waals surface area contributed by atoms with Crippen LogP contribution in [0.1, 0.15) is 65.5 Å². The molecule has 1 N–H and O–H groups in total. The Bertz CT molecular complexity index is 721. The highest BCUT2D eigenvalue weighted by molar-refractivity contribution is 7.98. The van der Waals surface area contributed by atoms with Gasteiger partial charge in [0.25, 0.3) is 0 Å². The number of carbonyl (C=O) groups excluding carboxylic acids is 1. The maximum absolute atomic E-state index is 12.9. The lowest BCUT2D eigenvalue weighted by Crippen LogP contribution is -2.56. The highest BCUT2D eigenvalue weighted by Gasteiger charge is 2.44. The molecule has 158 valence electrons. The van der Waals surface area contributed by atoms with Gasteiger partial charge >= 0.3 is 0 Å². The van der Waals surface area contributed by atoms with E-state index in [-0.39, 0.29) is 23.3 Å². The molecule has 1 saturated heterocycles. The summed E-state index contributed by atoms with van der Waals surface area (Å²) < 4.78 is 15.0. The quantitative estimate of drug-likeness (QED) is 0.638. The first-order chi connectivity index (χ1) is 13.3. The molecule has 1 aliphatic rings. The molecular formula is C22H37N3O2S. The summed E-state index contributed by atoms with van der Waals surface area (Å²) in [4.78, 5) is 17.4. The van der Waals surface area contributed by atoms with Gasteiger partial charge in [-0.1, -0.05) is 26.8 Å². The van der Waals surface area contributed by atoms with Crippen LogP contribution in [0, 0.1) is 5.92 Å². The molecule has 0 spiro atoms. The standard InChI is InChI=1S/C22H37N3O2S/c1-6-17-28(5,27)25-15-12-22(13-16-25,20-11-9-10-14-23-20)18(4)24-21(26)19(7-2)8-3/h9-11,14,18-19H,5-8,12-13,15-17H2,1-4H3,(H,24,26)/t18-,28?/m0/s1. The fourth-order valence-electron chi connectivity index (χ4n) is 4.36. The van der Waals surface area contributed by atoms with Crippen molar-refractivity contribution in [3.05, 3.63) is 30.1 Å². The van der Waals surface area contributed by atoms with Gasteiger partial charge in [0, 0.05) is 57.8 Å². The first-order valence-electron chi connectivity index (χ1n) is 10.6. The molecule has 0 saturated carbocycles. The average Bonchev–Trinajstić information content (AvgIpc) is 2.69. The monoisotopic (exact) mass is 407 g/mol. The summed E-state index contributed by atoms with van der Waals surface area (Å²) in [5, 5.41) is 3.29. The van der Waals surface area contributed by atoms with E-state index in [0.717, 1.165) is 37.8 Å². The van der Waals surface area contributed by atoms with Crippen molar-refractivity contribution in [1.82, 2.24) is 14.6 Å². The van der Waals surface area contributed by atoms with Crippen molar-refractivity contribution in [2.45, 2.75) is 71.3 Å². The van der Waals surface area contributed by atoms with Crippen LogP contribution < -0.4 is 5.32 Å². The molecule has 0 radical (unpaired) electrons. The summed E-state index contributed by atoms with van der Waals surface area (Å²) in [6.07, 6.45) is 6.00. The van der Waals surface area contributed by atoms with E-state index < -0.39 is 9.71 Å². The lowest BCUT2D eigenvalue weighted by atomic mass is 9.70. The Morgan fingerprint density at radius 2 is 1.93 bits per heavy atom. The number of aromatic nitrogens is 1. The number of nitrogens with zero attached hydrogens (tertiary/aromatic N) is 2. The molecule has 1 amide bonds. The Kier molecular flexibility index (Phi) is 8.07. The molecule has 1 aliphatic heterocycles. The van der Waals surface area contributed by atoms with Crippen molar-refractivity contribution >= 4 is 21.5 Å². The van der Waals surface area contributed by atoms with Crippen molar-refractivity contribution in [3.63, 3.8) is 0 Å². The van der Waals surface area contributed by atoms with Gasteiger partial charge in [-0.15, -0.1) is 0 Å². The Balaban J connectivity index is 2.25. The van der Waals surface area contributed by atoms with Gasteiger partial charge < -0.3 is 5.32 Å². The molecule has 6 heteroatoms. The summed E-state index contributed by atoms with van der Waals surface area (Å²) in [7, 11) is -2.21. The van der Waals surface area contributed by atoms with E-state index in [1.165, 1.54) is 0 Å².